The second-order valence-corrected chi connectivity index (χ2v) is 8.57. The molecular formula is C23H29ClFN3O6. The van der Waals surface area contributed by atoms with Gasteiger partial charge in [-0.05, 0) is 30.8 Å². The van der Waals surface area contributed by atoms with Gasteiger partial charge < -0.3 is 19.5 Å². The third-order valence-electron chi connectivity index (χ3n) is 5.90. The molecule has 1 aliphatic heterocycles. The second-order valence-electron chi connectivity index (χ2n) is 8.14. The van der Waals surface area contributed by atoms with Crippen LogP contribution in [-0.2, 0) is 20.7 Å². The molecule has 0 bridgehead atoms. The van der Waals surface area contributed by atoms with Crippen LogP contribution < -0.4 is 11.2 Å². The van der Waals surface area contributed by atoms with Crippen molar-refractivity contribution in [1.29, 1.82) is 0 Å². The fourth-order valence-electron chi connectivity index (χ4n) is 3.95. The number of H-pyrrole nitrogens is 1. The van der Waals surface area contributed by atoms with Gasteiger partial charge in [-0.2, -0.15) is 4.39 Å². The van der Waals surface area contributed by atoms with Crippen molar-refractivity contribution in [2.24, 2.45) is 0 Å². The summed E-state index contributed by atoms with van der Waals surface area (Å²) in [6.45, 7) is 6.14. The molecule has 1 fully saturated rings. The average molecular weight is 498 g/mol. The molecule has 9 nitrogen and oxygen atoms in total. The fraction of sp³-hybridized carbons (Fsp3) is 0.522. The van der Waals surface area contributed by atoms with Gasteiger partial charge in [0, 0.05) is 24.4 Å². The number of hydrogen-bond acceptors (Lipinski definition) is 7. The third kappa shape index (κ3) is 6.53. The lowest BCUT2D eigenvalue weighted by Crippen LogP contribution is -2.40. The maximum absolute atomic E-state index is 13.8. The SMILES string of the molecule is CCN(CC)CCC(=O)OC(Cc1ccc(Cl)cc1)[C@H]1O[C@@H](n2cc(F)c(=O)[nH]c2=O)C[C@@H]1O. The van der Waals surface area contributed by atoms with Crippen LogP contribution in [0, 0.1) is 5.82 Å². The molecule has 1 saturated heterocycles. The number of aromatic nitrogens is 2. The van der Waals surface area contributed by atoms with Crippen LogP contribution in [0.3, 0.4) is 0 Å². The van der Waals surface area contributed by atoms with Gasteiger partial charge in [0.15, 0.2) is 0 Å². The number of carbonyl (C=O) groups is 1. The van der Waals surface area contributed by atoms with Crippen molar-refractivity contribution >= 4 is 17.6 Å². The van der Waals surface area contributed by atoms with E-state index < -0.39 is 47.6 Å². The zero-order valence-corrected chi connectivity index (χ0v) is 19.8. The van der Waals surface area contributed by atoms with Crippen molar-refractivity contribution in [3.63, 3.8) is 0 Å². The molecule has 1 aromatic carbocycles. The first-order valence-electron chi connectivity index (χ1n) is 11.2. The van der Waals surface area contributed by atoms with E-state index in [0.29, 0.717) is 11.6 Å². The first-order chi connectivity index (χ1) is 16.2. The van der Waals surface area contributed by atoms with Crippen LogP contribution in [0.5, 0.6) is 0 Å². The molecule has 3 rings (SSSR count). The Morgan fingerprint density at radius 1 is 1.32 bits per heavy atom. The lowest BCUT2D eigenvalue weighted by atomic mass is 10.00. The number of aliphatic hydroxyl groups is 1. The lowest BCUT2D eigenvalue weighted by Gasteiger charge is -2.27. The molecule has 4 atom stereocenters. The van der Waals surface area contributed by atoms with Crippen LogP contribution in [-0.4, -0.2) is 63.5 Å². The molecule has 186 valence electrons. The molecule has 2 N–H and O–H groups in total. The molecular weight excluding hydrogens is 469 g/mol. The van der Waals surface area contributed by atoms with Crippen LogP contribution in [0.1, 0.15) is 38.5 Å². The molecule has 1 aromatic heterocycles. The minimum absolute atomic E-state index is 0.0514. The summed E-state index contributed by atoms with van der Waals surface area (Å²) in [4.78, 5) is 40.1. The monoisotopic (exact) mass is 497 g/mol. The van der Waals surface area contributed by atoms with Crippen LogP contribution >= 0.6 is 11.6 Å². The maximum Gasteiger partial charge on any atom is 0.330 e. The van der Waals surface area contributed by atoms with E-state index in [2.05, 4.69) is 4.90 Å². The molecule has 2 heterocycles. The molecule has 34 heavy (non-hydrogen) atoms. The van der Waals surface area contributed by atoms with Crippen LogP contribution in [0.2, 0.25) is 5.02 Å². The molecule has 0 spiro atoms. The number of rotatable bonds is 10. The van der Waals surface area contributed by atoms with Crippen molar-refractivity contribution in [3.05, 3.63) is 67.7 Å². The highest BCUT2D eigenvalue weighted by molar-refractivity contribution is 6.30. The van der Waals surface area contributed by atoms with Gasteiger partial charge in [-0.3, -0.25) is 19.1 Å². The highest BCUT2D eigenvalue weighted by Crippen LogP contribution is 2.32. The van der Waals surface area contributed by atoms with Gasteiger partial charge in [0.1, 0.15) is 18.4 Å². The Bertz CT molecular complexity index is 1090. The zero-order chi connectivity index (χ0) is 24.8. The Hall–Kier alpha value is -2.53. The maximum atomic E-state index is 13.8. The van der Waals surface area contributed by atoms with Gasteiger partial charge >= 0.3 is 11.7 Å². The molecule has 11 heteroatoms. The first-order valence-corrected chi connectivity index (χ1v) is 11.6. The molecule has 1 aliphatic rings. The number of benzene rings is 1. The molecule has 1 unspecified atom stereocenters. The number of nitrogens with zero attached hydrogens (tertiary/aromatic N) is 2. The Labute approximate surface area is 201 Å². The summed E-state index contributed by atoms with van der Waals surface area (Å²) in [6.07, 6.45) is -2.89. The fourth-order valence-corrected chi connectivity index (χ4v) is 4.08. The Morgan fingerprint density at radius 2 is 2.00 bits per heavy atom. The smallest absolute Gasteiger partial charge is 0.330 e. The molecule has 0 aliphatic carbocycles. The standard InChI is InChI=1S/C23H29ClFN3O6/c1-3-27(4-2)10-9-20(30)33-18(11-14-5-7-15(24)8-6-14)21-17(29)12-19(34-21)28-13-16(25)22(31)26-23(28)32/h5-8,13,17-19,21,29H,3-4,9-12H2,1-2H3,(H,26,31,32)/t17-,18?,19+,21-/m0/s1. The summed E-state index contributed by atoms with van der Waals surface area (Å²) in [7, 11) is 0. The van der Waals surface area contributed by atoms with Crippen LogP contribution in [0.4, 0.5) is 4.39 Å². The number of carbonyl (C=O) groups excluding carboxylic acids is 1. The summed E-state index contributed by atoms with van der Waals surface area (Å²) < 4.78 is 26.2. The van der Waals surface area contributed by atoms with Gasteiger partial charge in [-0.25, -0.2) is 4.79 Å². The largest absolute Gasteiger partial charge is 0.459 e. The number of nitrogens with one attached hydrogen (secondary N) is 1. The predicted octanol–water partition coefficient (Wildman–Crippen LogP) is 1.86. The van der Waals surface area contributed by atoms with Crippen molar-refractivity contribution in [1.82, 2.24) is 14.5 Å². The highest BCUT2D eigenvalue weighted by atomic mass is 35.5. The molecule has 0 saturated carbocycles. The van der Waals surface area contributed by atoms with Crippen molar-refractivity contribution in [2.45, 2.75) is 57.6 Å². The minimum atomic E-state index is -1.15. The summed E-state index contributed by atoms with van der Waals surface area (Å²) in [5.41, 5.74) is -1.20. The minimum Gasteiger partial charge on any atom is -0.459 e. The Balaban J connectivity index is 1.79. The van der Waals surface area contributed by atoms with E-state index in [-0.39, 0.29) is 19.3 Å². The van der Waals surface area contributed by atoms with Crippen molar-refractivity contribution < 1.29 is 23.8 Å². The molecule has 0 amide bonds. The Morgan fingerprint density at radius 3 is 2.65 bits per heavy atom. The van der Waals surface area contributed by atoms with Gasteiger partial charge in [0.2, 0.25) is 5.82 Å². The van der Waals surface area contributed by atoms with E-state index in [1.165, 1.54) is 0 Å². The number of aliphatic hydroxyl groups excluding tert-OH is 1. The number of halogens is 2. The van der Waals surface area contributed by atoms with Crippen molar-refractivity contribution in [2.75, 3.05) is 19.6 Å². The third-order valence-corrected chi connectivity index (χ3v) is 6.15. The van der Waals surface area contributed by atoms with Gasteiger partial charge in [0.05, 0.1) is 18.7 Å². The summed E-state index contributed by atoms with van der Waals surface area (Å²) in [6, 6.07) is 6.96. The normalized spacial score (nSPS) is 21.1. The van der Waals surface area contributed by atoms with E-state index in [0.717, 1.165) is 29.4 Å². The predicted molar refractivity (Wildman–Crippen MR) is 123 cm³/mol. The topological polar surface area (TPSA) is 114 Å². The second kappa shape index (κ2) is 11.7. The van der Waals surface area contributed by atoms with E-state index in [4.69, 9.17) is 21.1 Å². The summed E-state index contributed by atoms with van der Waals surface area (Å²) >= 11 is 5.96. The molecule has 2 aromatic rings. The van der Waals surface area contributed by atoms with Crippen LogP contribution in [0.15, 0.2) is 40.1 Å². The van der Waals surface area contributed by atoms with E-state index in [1.54, 1.807) is 24.3 Å². The lowest BCUT2D eigenvalue weighted by molar-refractivity contribution is -0.162. The number of esters is 1. The van der Waals surface area contributed by atoms with Crippen LogP contribution in [0.25, 0.3) is 0 Å². The van der Waals surface area contributed by atoms with E-state index in [9.17, 15) is 23.9 Å². The summed E-state index contributed by atoms with van der Waals surface area (Å²) in [5, 5.41) is 11.3. The quantitative estimate of drug-likeness (QED) is 0.482. The van der Waals surface area contributed by atoms with Gasteiger partial charge in [0.25, 0.3) is 5.56 Å². The Kier molecular flexibility index (Phi) is 9.01. The van der Waals surface area contributed by atoms with E-state index >= 15 is 0 Å². The highest BCUT2D eigenvalue weighted by Gasteiger charge is 2.42. The van der Waals surface area contributed by atoms with Gasteiger partial charge in [-0.1, -0.05) is 37.6 Å². The molecule has 0 radical (unpaired) electrons. The first kappa shape index (κ1) is 26.1. The van der Waals surface area contributed by atoms with Crippen molar-refractivity contribution in [3.8, 4) is 0 Å². The number of aromatic amines is 1. The average Bonchev–Trinajstić information content (AvgIpc) is 3.19. The van der Waals surface area contributed by atoms with Gasteiger partial charge in [-0.15, -0.1) is 0 Å². The summed E-state index contributed by atoms with van der Waals surface area (Å²) in [5.74, 6) is -1.60. The number of hydrogen-bond donors (Lipinski definition) is 2. The van der Waals surface area contributed by atoms with E-state index in [1.807, 2.05) is 18.8 Å². The zero-order valence-electron chi connectivity index (χ0n) is 19.1. The number of ether oxygens (including phenoxy) is 2.